The molecule has 0 saturated carbocycles. The maximum atomic E-state index is 12.8. The third kappa shape index (κ3) is 6.02. The normalized spacial score (nSPS) is 14.4. The molecule has 1 N–H and O–H groups in total. The van der Waals surface area contributed by atoms with Gasteiger partial charge in [-0.15, -0.1) is 0 Å². The number of hydrogen-bond donors (Lipinski definition) is 1. The Balaban J connectivity index is 1.45. The van der Waals surface area contributed by atoms with E-state index in [4.69, 9.17) is 44.0 Å². The lowest BCUT2D eigenvalue weighted by atomic mass is 10.2. The van der Waals surface area contributed by atoms with Crippen molar-refractivity contribution >= 4 is 81.4 Å². The second-order valence-electron chi connectivity index (χ2n) is 7.53. The summed E-state index contributed by atoms with van der Waals surface area (Å²) in [7, 11) is 0. The van der Waals surface area contributed by atoms with Crippen molar-refractivity contribution in [2.75, 3.05) is 18.5 Å². The number of carbonyl (C=O) groups is 4. The summed E-state index contributed by atoms with van der Waals surface area (Å²) in [6, 6.07) is 12.7. The minimum Gasteiger partial charge on any atom is -0.462 e. The van der Waals surface area contributed by atoms with E-state index >= 15 is 0 Å². The summed E-state index contributed by atoms with van der Waals surface area (Å²) >= 11 is 19.0. The van der Waals surface area contributed by atoms with Gasteiger partial charge in [0, 0.05) is 17.3 Å². The van der Waals surface area contributed by atoms with Crippen LogP contribution >= 0.6 is 46.6 Å². The van der Waals surface area contributed by atoms with Crippen molar-refractivity contribution in [1.82, 2.24) is 4.90 Å². The summed E-state index contributed by atoms with van der Waals surface area (Å²) < 4.78 is 10.7. The molecule has 0 atom stereocenters. The Morgan fingerprint density at radius 3 is 2.62 bits per heavy atom. The second kappa shape index (κ2) is 11.4. The highest BCUT2D eigenvalue weighted by Gasteiger charge is 2.36. The lowest BCUT2D eigenvalue weighted by Crippen LogP contribution is -2.36. The number of benzene rings is 2. The molecule has 0 aliphatic carbocycles. The van der Waals surface area contributed by atoms with E-state index < -0.39 is 29.6 Å². The molecule has 1 aliphatic rings. The van der Waals surface area contributed by atoms with E-state index in [1.54, 1.807) is 37.3 Å². The molecule has 0 unspecified atom stereocenters. The van der Waals surface area contributed by atoms with Crippen LogP contribution in [0.3, 0.4) is 0 Å². The average Bonchev–Trinajstić information content (AvgIpc) is 3.42. The number of anilines is 1. The Labute approximate surface area is 230 Å². The zero-order valence-electron chi connectivity index (χ0n) is 19.0. The van der Waals surface area contributed by atoms with E-state index in [0.717, 1.165) is 4.90 Å². The van der Waals surface area contributed by atoms with Crippen LogP contribution in [0.4, 0.5) is 10.5 Å². The fourth-order valence-electron chi connectivity index (χ4n) is 3.35. The fraction of sp³-hybridized carbons (Fsp3) is 0.120. The first-order valence-corrected chi connectivity index (χ1v) is 12.7. The van der Waals surface area contributed by atoms with E-state index in [1.807, 2.05) is 0 Å². The van der Waals surface area contributed by atoms with Gasteiger partial charge in [-0.05, 0) is 61.2 Å². The van der Waals surface area contributed by atoms with E-state index in [-0.39, 0.29) is 27.8 Å². The number of carbonyl (C=O) groups excluding carboxylic acids is 4. The van der Waals surface area contributed by atoms with Gasteiger partial charge in [-0.25, -0.2) is 4.79 Å². The predicted molar refractivity (Wildman–Crippen MR) is 143 cm³/mol. The van der Waals surface area contributed by atoms with E-state index in [1.165, 1.54) is 24.3 Å². The van der Waals surface area contributed by atoms with Gasteiger partial charge < -0.3 is 14.5 Å². The van der Waals surface area contributed by atoms with Crippen LogP contribution in [0.2, 0.25) is 15.1 Å². The first-order valence-electron chi connectivity index (χ1n) is 10.7. The molecule has 0 spiro atoms. The molecule has 1 saturated heterocycles. The van der Waals surface area contributed by atoms with Crippen molar-refractivity contribution in [2.45, 2.75) is 6.92 Å². The summed E-state index contributed by atoms with van der Waals surface area (Å²) in [6.45, 7) is 1.29. The summed E-state index contributed by atoms with van der Waals surface area (Å²) in [6.07, 6.45) is 1.41. The third-order valence-electron chi connectivity index (χ3n) is 5.04. The molecule has 1 aliphatic heterocycles. The van der Waals surface area contributed by atoms with Crippen LogP contribution in [-0.2, 0) is 14.3 Å². The minimum atomic E-state index is -0.646. The molecular weight excluding hydrogens is 563 g/mol. The van der Waals surface area contributed by atoms with E-state index in [2.05, 4.69) is 5.32 Å². The highest BCUT2D eigenvalue weighted by Crippen LogP contribution is 2.36. The zero-order valence-corrected chi connectivity index (χ0v) is 22.1. The molecule has 190 valence electrons. The Hall–Kier alpha value is -3.24. The minimum absolute atomic E-state index is 0.0762. The molecule has 37 heavy (non-hydrogen) atoms. The van der Waals surface area contributed by atoms with Crippen LogP contribution in [0.15, 0.2) is 57.9 Å². The van der Waals surface area contributed by atoms with Gasteiger partial charge in [0.1, 0.15) is 18.1 Å². The highest BCUT2D eigenvalue weighted by atomic mass is 35.5. The Kier molecular flexibility index (Phi) is 8.29. The number of hydrogen-bond acceptors (Lipinski definition) is 7. The number of thioether (sulfide) groups is 1. The van der Waals surface area contributed by atoms with Gasteiger partial charge in [-0.3, -0.25) is 19.3 Å². The number of amides is 3. The molecule has 0 radical (unpaired) electrons. The number of esters is 1. The summed E-state index contributed by atoms with van der Waals surface area (Å²) in [4.78, 5) is 50.8. The number of ether oxygens (including phenoxy) is 1. The standard InChI is InChI=1S/C25H17Cl3N2O6S/c1-2-35-24(33)16-10-13(6-8-17(16)26)29-21(31)12-30-23(32)20(37-25(30)34)11-14-7-9-19(36-14)15-4-3-5-18(27)22(15)28/h3-11H,2,12H2,1H3,(H,29,31)/b20-11+. The van der Waals surface area contributed by atoms with Crippen LogP contribution in [0.1, 0.15) is 23.0 Å². The molecule has 1 fully saturated rings. The first kappa shape index (κ1) is 26.8. The molecule has 8 nitrogen and oxygen atoms in total. The van der Waals surface area contributed by atoms with Crippen LogP contribution in [0, 0.1) is 0 Å². The van der Waals surface area contributed by atoms with Gasteiger partial charge in [-0.1, -0.05) is 40.9 Å². The van der Waals surface area contributed by atoms with Crippen LogP contribution in [0.25, 0.3) is 17.4 Å². The quantitative estimate of drug-likeness (QED) is 0.243. The Morgan fingerprint density at radius 2 is 1.86 bits per heavy atom. The highest BCUT2D eigenvalue weighted by molar-refractivity contribution is 8.18. The Morgan fingerprint density at radius 1 is 1.08 bits per heavy atom. The number of nitrogens with zero attached hydrogens (tertiary/aromatic N) is 1. The van der Waals surface area contributed by atoms with Crippen molar-refractivity contribution in [3.05, 3.63) is 79.8 Å². The number of furan rings is 1. The average molecular weight is 580 g/mol. The van der Waals surface area contributed by atoms with Gasteiger partial charge in [0.2, 0.25) is 5.91 Å². The van der Waals surface area contributed by atoms with Crippen molar-refractivity contribution in [3.63, 3.8) is 0 Å². The van der Waals surface area contributed by atoms with Crippen molar-refractivity contribution in [3.8, 4) is 11.3 Å². The van der Waals surface area contributed by atoms with Gasteiger partial charge in [0.25, 0.3) is 11.1 Å². The molecule has 2 aromatic carbocycles. The van der Waals surface area contributed by atoms with Gasteiger partial charge in [0.15, 0.2) is 0 Å². The number of nitrogens with one attached hydrogen (secondary N) is 1. The van der Waals surface area contributed by atoms with Crippen LogP contribution < -0.4 is 5.32 Å². The smallest absolute Gasteiger partial charge is 0.339 e. The van der Waals surface area contributed by atoms with Gasteiger partial charge in [0.05, 0.1) is 32.1 Å². The van der Waals surface area contributed by atoms with Crippen molar-refractivity contribution in [1.29, 1.82) is 0 Å². The molecule has 3 aromatic rings. The third-order valence-corrected chi connectivity index (χ3v) is 7.09. The molecular formula is C25H17Cl3N2O6S. The number of rotatable bonds is 7. The number of halogens is 3. The Bertz CT molecular complexity index is 1450. The summed E-state index contributed by atoms with van der Waals surface area (Å²) in [5, 5.41) is 2.79. The topological polar surface area (TPSA) is 106 Å². The maximum absolute atomic E-state index is 12.8. The lowest BCUT2D eigenvalue weighted by molar-refractivity contribution is -0.127. The molecule has 4 rings (SSSR count). The van der Waals surface area contributed by atoms with Crippen LogP contribution in [0.5, 0.6) is 0 Å². The van der Waals surface area contributed by atoms with Gasteiger partial charge in [-0.2, -0.15) is 0 Å². The molecule has 12 heteroatoms. The monoisotopic (exact) mass is 578 g/mol. The van der Waals surface area contributed by atoms with Crippen molar-refractivity contribution < 1.29 is 28.3 Å². The largest absolute Gasteiger partial charge is 0.462 e. The summed E-state index contributed by atoms with van der Waals surface area (Å²) in [5.41, 5.74) is 0.905. The van der Waals surface area contributed by atoms with E-state index in [0.29, 0.717) is 38.9 Å². The zero-order chi connectivity index (χ0) is 26.7. The second-order valence-corrected chi connectivity index (χ2v) is 9.72. The molecule has 2 heterocycles. The fourth-order valence-corrected chi connectivity index (χ4v) is 4.75. The molecule has 1 aromatic heterocycles. The van der Waals surface area contributed by atoms with Crippen LogP contribution in [-0.4, -0.2) is 41.1 Å². The van der Waals surface area contributed by atoms with E-state index in [9.17, 15) is 19.2 Å². The number of imide groups is 1. The summed E-state index contributed by atoms with van der Waals surface area (Å²) in [5.74, 6) is -1.18. The van der Waals surface area contributed by atoms with Crippen molar-refractivity contribution in [2.24, 2.45) is 0 Å². The SMILES string of the molecule is CCOC(=O)c1cc(NC(=O)CN2C(=O)S/C(=C/c3ccc(-c4cccc(Cl)c4Cl)o3)C2=O)ccc1Cl. The maximum Gasteiger partial charge on any atom is 0.339 e. The lowest BCUT2D eigenvalue weighted by Gasteiger charge is -2.13. The predicted octanol–water partition coefficient (Wildman–Crippen LogP) is 6.76. The molecule has 3 amide bonds. The van der Waals surface area contributed by atoms with Gasteiger partial charge >= 0.3 is 5.97 Å². The molecule has 0 bridgehead atoms. The first-order chi connectivity index (χ1) is 17.7.